The number of ether oxygens (including phenoxy) is 2. The number of rotatable bonds is 6. The summed E-state index contributed by atoms with van der Waals surface area (Å²) in [7, 11) is 3.07. The molecule has 4 rings (SSSR count). The number of urea groups is 1. The number of benzene rings is 2. The Hall–Kier alpha value is -3.39. The zero-order valence-corrected chi connectivity index (χ0v) is 17.8. The molecular weight excluding hydrogens is 394 g/mol. The molecule has 1 aromatic heterocycles. The number of carbonyl (C=O) groups is 1. The Morgan fingerprint density at radius 3 is 2.52 bits per heavy atom. The van der Waals surface area contributed by atoms with E-state index in [9.17, 15) is 4.79 Å². The Kier molecular flexibility index (Phi) is 6.47. The Labute approximate surface area is 181 Å². The van der Waals surface area contributed by atoms with E-state index in [-0.39, 0.29) is 23.8 Å². The number of amides is 2. The zero-order chi connectivity index (χ0) is 21.6. The molecule has 2 aromatic carbocycles. The molecule has 1 saturated heterocycles. The molecule has 8 nitrogen and oxygen atoms in total. The second-order valence-corrected chi connectivity index (χ2v) is 7.54. The lowest BCUT2D eigenvalue weighted by Crippen LogP contribution is -2.45. The number of para-hydroxylation sites is 1. The summed E-state index contributed by atoms with van der Waals surface area (Å²) in [5, 5.41) is 5.84. The molecule has 31 heavy (non-hydrogen) atoms. The minimum Gasteiger partial charge on any atom is -0.494 e. The van der Waals surface area contributed by atoms with E-state index in [1.807, 2.05) is 18.2 Å². The number of hydrogen-bond acceptors (Lipinski definition) is 6. The summed E-state index contributed by atoms with van der Waals surface area (Å²) in [5.74, 6) is 1.12. The molecule has 2 heterocycles. The number of fused-ring (bicyclic) bond motifs is 1. The molecule has 0 atom stereocenters. The van der Waals surface area contributed by atoms with Gasteiger partial charge in [0.2, 0.25) is 0 Å². The molecule has 2 N–H and O–H groups in total. The lowest BCUT2D eigenvalue weighted by Gasteiger charge is -2.32. The van der Waals surface area contributed by atoms with Crippen LogP contribution in [-0.2, 0) is 6.54 Å². The average molecular weight is 422 g/mol. The van der Waals surface area contributed by atoms with Crippen molar-refractivity contribution in [3.05, 3.63) is 54.1 Å². The summed E-state index contributed by atoms with van der Waals surface area (Å²) in [6.45, 7) is 2.82. The number of piperidine rings is 1. The van der Waals surface area contributed by atoms with E-state index in [2.05, 4.69) is 49.8 Å². The predicted octanol–water partition coefficient (Wildman–Crippen LogP) is 3.43. The van der Waals surface area contributed by atoms with Gasteiger partial charge in [0.15, 0.2) is 5.82 Å². The van der Waals surface area contributed by atoms with Crippen LogP contribution in [0.25, 0.3) is 11.0 Å². The zero-order valence-electron chi connectivity index (χ0n) is 17.8. The van der Waals surface area contributed by atoms with Crippen LogP contribution >= 0.6 is 0 Å². The summed E-state index contributed by atoms with van der Waals surface area (Å²) < 4.78 is 10.7. The molecule has 1 aliphatic heterocycles. The lowest BCUT2D eigenvalue weighted by atomic mass is 10.0. The minimum atomic E-state index is -0.309. The number of hydrogen-bond donors (Lipinski definition) is 2. The number of methoxy groups -OCH3 is 2. The van der Waals surface area contributed by atoms with Crippen molar-refractivity contribution in [1.82, 2.24) is 20.2 Å². The molecule has 1 aliphatic rings. The van der Waals surface area contributed by atoms with Gasteiger partial charge in [0.1, 0.15) is 11.3 Å². The van der Waals surface area contributed by atoms with Crippen LogP contribution in [0, 0.1) is 0 Å². The van der Waals surface area contributed by atoms with Crippen LogP contribution in [0.15, 0.2) is 48.5 Å². The largest absolute Gasteiger partial charge is 0.494 e. The van der Waals surface area contributed by atoms with Crippen LogP contribution in [0.4, 0.5) is 10.6 Å². The standard InChI is InChI=1S/C23H27N5O3/c1-30-19-10-6-9-18-20(19)26-22(31-2)21(25-18)27-23(29)24-17-11-13-28(14-12-17)15-16-7-4-3-5-8-16/h3-10,17H,11-15H2,1-2H3,(H2,24,25,27,29). The van der Waals surface area contributed by atoms with Crippen LogP contribution < -0.4 is 20.1 Å². The van der Waals surface area contributed by atoms with Gasteiger partial charge in [-0.15, -0.1) is 0 Å². The van der Waals surface area contributed by atoms with E-state index in [1.165, 1.54) is 12.7 Å². The fourth-order valence-corrected chi connectivity index (χ4v) is 3.83. The normalized spacial score (nSPS) is 14.9. The number of aromatic nitrogens is 2. The number of likely N-dealkylation sites (tertiary alicyclic amines) is 1. The van der Waals surface area contributed by atoms with Crippen molar-refractivity contribution in [2.75, 3.05) is 32.6 Å². The second-order valence-electron chi connectivity index (χ2n) is 7.54. The van der Waals surface area contributed by atoms with Gasteiger partial charge in [-0.25, -0.2) is 14.8 Å². The first-order valence-corrected chi connectivity index (χ1v) is 10.4. The van der Waals surface area contributed by atoms with Gasteiger partial charge in [-0.2, -0.15) is 0 Å². The maximum atomic E-state index is 12.6. The SMILES string of the molecule is COc1nc2c(OC)cccc2nc1NC(=O)NC1CCN(Cc2ccccc2)CC1. The molecular formula is C23H27N5O3. The predicted molar refractivity (Wildman–Crippen MR) is 120 cm³/mol. The van der Waals surface area contributed by atoms with Gasteiger partial charge < -0.3 is 14.8 Å². The quantitative estimate of drug-likeness (QED) is 0.634. The maximum absolute atomic E-state index is 12.6. The Morgan fingerprint density at radius 1 is 1.03 bits per heavy atom. The van der Waals surface area contributed by atoms with Gasteiger partial charge in [-0.05, 0) is 30.5 Å². The summed E-state index contributed by atoms with van der Waals surface area (Å²) in [6.07, 6.45) is 1.80. The summed E-state index contributed by atoms with van der Waals surface area (Å²) in [6, 6.07) is 15.7. The van der Waals surface area contributed by atoms with Gasteiger partial charge in [0.05, 0.1) is 19.7 Å². The highest BCUT2D eigenvalue weighted by Gasteiger charge is 2.22. The summed E-state index contributed by atoms with van der Waals surface area (Å²) >= 11 is 0. The molecule has 162 valence electrons. The molecule has 8 heteroatoms. The number of nitrogens with one attached hydrogen (secondary N) is 2. The third-order valence-corrected chi connectivity index (χ3v) is 5.44. The van der Waals surface area contributed by atoms with Crippen molar-refractivity contribution in [2.45, 2.75) is 25.4 Å². The molecule has 0 unspecified atom stereocenters. The van der Waals surface area contributed by atoms with Gasteiger partial charge in [0, 0.05) is 25.7 Å². The minimum absolute atomic E-state index is 0.117. The fourth-order valence-electron chi connectivity index (χ4n) is 3.83. The van der Waals surface area contributed by atoms with Crippen molar-refractivity contribution in [3.63, 3.8) is 0 Å². The summed E-state index contributed by atoms with van der Waals surface area (Å²) in [5.41, 5.74) is 2.51. The molecule has 0 radical (unpaired) electrons. The molecule has 0 bridgehead atoms. The molecule has 1 fully saturated rings. The van der Waals surface area contributed by atoms with Crippen LogP contribution in [0.1, 0.15) is 18.4 Å². The summed E-state index contributed by atoms with van der Waals surface area (Å²) in [4.78, 5) is 24.0. The maximum Gasteiger partial charge on any atom is 0.320 e. The van der Waals surface area contributed by atoms with Crippen molar-refractivity contribution < 1.29 is 14.3 Å². The van der Waals surface area contributed by atoms with Crippen LogP contribution in [0.5, 0.6) is 11.6 Å². The number of anilines is 1. The fraction of sp³-hybridized carbons (Fsp3) is 0.348. The molecule has 0 aliphatic carbocycles. The molecule has 0 spiro atoms. The first-order valence-electron chi connectivity index (χ1n) is 10.4. The molecule has 3 aromatic rings. The van der Waals surface area contributed by atoms with E-state index in [4.69, 9.17) is 9.47 Å². The van der Waals surface area contributed by atoms with E-state index >= 15 is 0 Å². The van der Waals surface area contributed by atoms with E-state index in [1.54, 1.807) is 13.2 Å². The first kappa shape index (κ1) is 20.9. The van der Waals surface area contributed by atoms with E-state index < -0.39 is 0 Å². The van der Waals surface area contributed by atoms with Gasteiger partial charge in [-0.3, -0.25) is 10.2 Å². The van der Waals surface area contributed by atoms with Crippen molar-refractivity contribution in [3.8, 4) is 11.6 Å². The van der Waals surface area contributed by atoms with Crippen LogP contribution in [0.3, 0.4) is 0 Å². The lowest BCUT2D eigenvalue weighted by molar-refractivity contribution is 0.190. The van der Waals surface area contributed by atoms with Crippen molar-refractivity contribution in [2.24, 2.45) is 0 Å². The third-order valence-electron chi connectivity index (χ3n) is 5.44. The topological polar surface area (TPSA) is 88.6 Å². The monoisotopic (exact) mass is 421 g/mol. The third kappa shape index (κ3) is 5.03. The van der Waals surface area contributed by atoms with Crippen LogP contribution in [0.2, 0.25) is 0 Å². The first-order chi connectivity index (χ1) is 15.2. The Morgan fingerprint density at radius 2 is 1.81 bits per heavy atom. The highest BCUT2D eigenvalue weighted by Crippen LogP contribution is 2.28. The smallest absolute Gasteiger partial charge is 0.320 e. The number of carbonyl (C=O) groups excluding carboxylic acids is 1. The van der Waals surface area contributed by atoms with E-state index in [0.717, 1.165) is 32.5 Å². The van der Waals surface area contributed by atoms with E-state index in [0.29, 0.717) is 16.8 Å². The van der Waals surface area contributed by atoms with Gasteiger partial charge in [-0.1, -0.05) is 36.4 Å². The highest BCUT2D eigenvalue weighted by molar-refractivity contribution is 5.92. The molecule has 0 saturated carbocycles. The number of nitrogens with zero attached hydrogens (tertiary/aromatic N) is 3. The highest BCUT2D eigenvalue weighted by atomic mass is 16.5. The van der Waals surface area contributed by atoms with Gasteiger partial charge >= 0.3 is 6.03 Å². The Balaban J connectivity index is 1.35. The van der Waals surface area contributed by atoms with Gasteiger partial charge in [0.25, 0.3) is 5.88 Å². The van der Waals surface area contributed by atoms with Crippen molar-refractivity contribution in [1.29, 1.82) is 0 Å². The van der Waals surface area contributed by atoms with Crippen LogP contribution in [-0.4, -0.2) is 54.2 Å². The molecule has 2 amide bonds. The average Bonchev–Trinajstić information content (AvgIpc) is 2.80. The Bertz CT molecular complexity index is 1040. The van der Waals surface area contributed by atoms with Crippen molar-refractivity contribution >= 4 is 22.9 Å². The second kappa shape index (κ2) is 9.61.